The van der Waals surface area contributed by atoms with E-state index in [1.54, 1.807) is 24.3 Å². The lowest BCUT2D eigenvalue weighted by Crippen LogP contribution is -1.95. The van der Waals surface area contributed by atoms with Gasteiger partial charge in [-0.15, -0.1) is 0 Å². The van der Waals surface area contributed by atoms with Gasteiger partial charge in [-0.2, -0.15) is 0 Å². The summed E-state index contributed by atoms with van der Waals surface area (Å²) in [4.78, 5) is 8.62. The molecule has 0 fully saturated rings. The first-order valence-electron chi connectivity index (χ1n) is 8.16. The molecule has 4 aromatic rings. The van der Waals surface area contributed by atoms with Crippen LogP contribution in [-0.4, -0.2) is 9.97 Å². The Hall–Kier alpha value is -3.32. The predicted octanol–water partition coefficient (Wildman–Crippen LogP) is 4.99. The third-order valence-electron chi connectivity index (χ3n) is 3.79. The number of hydrogen-bond donors (Lipinski definition) is 0. The first-order chi connectivity index (χ1) is 13.2. The summed E-state index contributed by atoms with van der Waals surface area (Å²) in [5.41, 5.74) is 2.58. The van der Waals surface area contributed by atoms with E-state index in [1.165, 1.54) is 36.8 Å². The Bertz CT molecular complexity index is 940. The number of ether oxygens (including phenoxy) is 1. The average Bonchev–Trinajstić information content (AvgIpc) is 3.33. The SMILES string of the molecule is Fc1ccc(-c2nc(COCc3coc(-c4ccc(F)cc4)n3)co2)cc1. The average molecular weight is 368 g/mol. The van der Waals surface area contributed by atoms with Gasteiger partial charge < -0.3 is 13.6 Å². The quantitative estimate of drug-likeness (QED) is 0.480. The van der Waals surface area contributed by atoms with Crippen LogP contribution in [-0.2, 0) is 18.0 Å². The molecule has 0 saturated carbocycles. The number of halogens is 2. The number of benzene rings is 2. The highest BCUT2D eigenvalue weighted by Gasteiger charge is 2.09. The van der Waals surface area contributed by atoms with Gasteiger partial charge in [-0.05, 0) is 48.5 Å². The molecule has 0 aliphatic rings. The van der Waals surface area contributed by atoms with E-state index in [9.17, 15) is 8.78 Å². The summed E-state index contributed by atoms with van der Waals surface area (Å²) in [6, 6.07) is 11.8. The van der Waals surface area contributed by atoms with Gasteiger partial charge in [0.15, 0.2) is 0 Å². The molecule has 0 N–H and O–H groups in total. The molecule has 2 heterocycles. The normalized spacial score (nSPS) is 11.0. The molecule has 5 nitrogen and oxygen atoms in total. The van der Waals surface area contributed by atoms with Gasteiger partial charge in [0.05, 0.1) is 13.2 Å². The van der Waals surface area contributed by atoms with Crippen molar-refractivity contribution in [3.8, 4) is 22.9 Å². The smallest absolute Gasteiger partial charge is 0.226 e. The minimum atomic E-state index is -0.318. The van der Waals surface area contributed by atoms with E-state index in [1.807, 2.05) is 0 Å². The maximum absolute atomic E-state index is 13.0. The maximum Gasteiger partial charge on any atom is 0.226 e. The van der Waals surface area contributed by atoms with Gasteiger partial charge in [-0.3, -0.25) is 0 Å². The fourth-order valence-electron chi connectivity index (χ4n) is 2.46. The van der Waals surface area contributed by atoms with E-state index in [4.69, 9.17) is 13.6 Å². The summed E-state index contributed by atoms with van der Waals surface area (Å²) in [7, 11) is 0. The lowest BCUT2D eigenvalue weighted by Gasteiger charge is -1.98. The van der Waals surface area contributed by atoms with E-state index in [0.717, 1.165) is 0 Å². The summed E-state index contributed by atoms with van der Waals surface area (Å²) in [5, 5.41) is 0. The van der Waals surface area contributed by atoms with Crippen molar-refractivity contribution in [2.24, 2.45) is 0 Å². The van der Waals surface area contributed by atoms with E-state index in [-0.39, 0.29) is 24.8 Å². The molecule has 0 amide bonds. The minimum absolute atomic E-state index is 0.226. The highest BCUT2D eigenvalue weighted by molar-refractivity contribution is 5.53. The van der Waals surface area contributed by atoms with Crippen molar-refractivity contribution in [2.75, 3.05) is 0 Å². The van der Waals surface area contributed by atoms with Crippen molar-refractivity contribution in [1.29, 1.82) is 0 Å². The second-order valence-corrected chi connectivity index (χ2v) is 5.79. The second kappa shape index (κ2) is 7.51. The monoisotopic (exact) mass is 368 g/mol. The molecule has 0 atom stereocenters. The molecule has 0 radical (unpaired) electrons. The van der Waals surface area contributed by atoms with Crippen molar-refractivity contribution >= 4 is 0 Å². The van der Waals surface area contributed by atoms with Gasteiger partial charge in [0.2, 0.25) is 11.8 Å². The Labute approximate surface area is 153 Å². The molecule has 0 unspecified atom stereocenters. The Morgan fingerprint density at radius 2 is 1.07 bits per heavy atom. The molecule has 7 heteroatoms. The van der Waals surface area contributed by atoms with Crippen LogP contribution in [0.25, 0.3) is 22.9 Å². The molecular formula is C20H14F2N2O3. The third-order valence-corrected chi connectivity index (χ3v) is 3.79. The Kier molecular flexibility index (Phi) is 4.76. The van der Waals surface area contributed by atoms with Crippen molar-refractivity contribution < 1.29 is 22.4 Å². The first kappa shape index (κ1) is 17.1. The molecule has 0 bridgehead atoms. The van der Waals surface area contributed by atoms with Gasteiger partial charge in [-0.1, -0.05) is 0 Å². The zero-order valence-electron chi connectivity index (χ0n) is 14.1. The highest BCUT2D eigenvalue weighted by atomic mass is 19.1. The van der Waals surface area contributed by atoms with Gasteiger partial charge in [0, 0.05) is 11.1 Å². The molecule has 2 aromatic carbocycles. The van der Waals surface area contributed by atoms with Crippen LogP contribution < -0.4 is 0 Å². The van der Waals surface area contributed by atoms with Crippen LogP contribution in [0.15, 0.2) is 69.9 Å². The van der Waals surface area contributed by atoms with E-state index in [2.05, 4.69) is 9.97 Å². The molecule has 2 aromatic heterocycles. The van der Waals surface area contributed by atoms with E-state index in [0.29, 0.717) is 34.3 Å². The van der Waals surface area contributed by atoms with Crippen LogP contribution in [0.4, 0.5) is 8.78 Å². The summed E-state index contributed by atoms with van der Waals surface area (Å²) in [6.07, 6.45) is 2.98. The van der Waals surface area contributed by atoms with Crippen molar-refractivity contribution in [2.45, 2.75) is 13.2 Å². The lowest BCUT2D eigenvalue weighted by molar-refractivity contribution is 0.102. The Morgan fingerprint density at radius 1 is 0.667 bits per heavy atom. The maximum atomic E-state index is 13.0. The van der Waals surface area contributed by atoms with Crippen molar-refractivity contribution in [1.82, 2.24) is 9.97 Å². The number of nitrogens with zero attached hydrogens (tertiary/aromatic N) is 2. The van der Waals surface area contributed by atoms with E-state index >= 15 is 0 Å². The topological polar surface area (TPSA) is 61.3 Å². The third kappa shape index (κ3) is 4.09. The minimum Gasteiger partial charge on any atom is -0.444 e. The molecule has 0 aliphatic heterocycles. The van der Waals surface area contributed by atoms with Crippen LogP contribution in [0.3, 0.4) is 0 Å². The van der Waals surface area contributed by atoms with E-state index < -0.39 is 0 Å². The first-order valence-corrected chi connectivity index (χ1v) is 8.16. The Balaban J connectivity index is 1.34. The molecule has 0 aliphatic carbocycles. The summed E-state index contributed by atoms with van der Waals surface area (Å²) in [5.74, 6) is 0.158. The zero-order chi connectivity index (χ0) is 18.6. The van der Waals surface area contributed by atoms with Crippen LogP contribution in [0, 0.1) is 11.6 Å². The largest absolute Gasteiger partial charge is 0.444 e. The Morgan fingerprint density at radius 3 is 1.48 bits per heavy atom. The number of rotatable bonds is 6. The fraction of sp³-hybridized carbons (Fsp3) is 0.100. The fourth-order valence-corrected chi connectivity index (χ4v) is 2.46. The van der Waals surface area contributed by atoms with Gasteiger partial charge in [-0.25, -0.2) is 18.7 Å². The molecule has 4 rings (SSSR count). The van der Waals surface area contributed by atoms with Crippen molar-refractivity contribution in [3.63, 3.8) is 0 Å². The van der Waals surface area contributed by atoms with Crippen LogP contribution in [0.1, 0.15) is 11.4 Å². The van der Waals surface area contributed by atoms with Gasteiger partial charge in [0.1, 0.15) is 35.5 Å². The lowest BCUT2D eigenvalue weighted by atomic mass is 10.2. The van der Waals surface area contributed by atoms with Gasteiger partial charge >= 0.3 is 0 Å². The molecule has 136 valence electrons. The summed E-state index contributed by atoms with van der Waals surface area (Å²) in [6.45, 7) is 0.451. The molecule has 0 spiro atoms. The highest BCUT2D eigenvalue weighted by Crippen LogP contribution is 2.21. The standard InChI is InChI=1S/C20H14F2N2O3/c21-15-5-1-13(2-6-15)19-23-17(11-26-19)9-25-10-18-12-27-20(24-18)14-3-7-16(22)8-4-14/h1-8,11-12H,9-10H2. The zero-order valence-corrected chi connectivity index (χ0v) is 14.1. The predicted molar refractivity (Wildman–Crippen MR) is 92.3 cm³/mol. The second-order valence-electron chi connectivity index (χ2n) is 5.79. The summed E-state index contributed by atoms with van der Waals surface area (Å²) < 4.78 is 42.3. The number of aromatic nitrogens is 2. The van der Waals surface area contributed by atoms with Crippen LogP contribution in [0.5, 0.6) is 0 Å². The summed E-state index contributed by atoms with van der Waals surface area (Å²) >= 11 is 0. The molecular weight excluding hydrogens is 354 g/mol. The number of hydrogen-bond acceptors (Lipinski definition) is 5. The van der Waals surface area contributed by atoms with Crippen molar-refractivity contribution in [3.05, 3.63) is 84.1 Å². The van der Waals surface area contributed by atoms with Crippen LogP contribution in [0.2, 0.25) is 0 Å². The number of oxazole rings is 2. The molecule has 0 saturated heterocycles. The van der Waals surface area contributed by atoms with Crippen LogP contribution >= 0.6 is 0 Å². The molecule has 27 heavy (non-hydrogen) atoms. The van der Waals surface area contributed by atoms with Gasteiger partial charge in [0.25, 0.3) is 0 Å².